The Morgan fingerprint density at radius 2 is 1.53 bits per heavy atom. The fraction of sp³-hybridized carbons (Fsp3) is 0.778. The van der Waals surface area contributed by atoms with Crippen LogP contribution < -0.4 is 0 Å². The van der Waals surface area contributed by atoms with Crippen LogP contribution in [0.3, 0.4) is 0 Å². The third kappa shape index (κ3) is 2.27. The summed E-state index contributed by atoms with van der Waals surface area (Å²) in [4.78, 5) is 22.5. The highest BCUT2D eigenvalue weighted by Gasteiger charge is 2.43. The molecule has 2 aliphatic rings. The van der Waals surface area contributed by atoms with Gasteiger partial charge >= 0.3 is 11.9 Å². The summed E-state index contributed by atoms with van der Waals surface area (Å²) in [7, 11) is 0. The maximum Gasteiger partial charge on any atom is 0.309 e. The first-order valence-corrected chi connectivity index (χ1v) is 4.97. The Morgan fingerprint density at radius 3 is 2.00 bits per heavy atom. The number of nitrogens with zero attached hydrogens (tertiary/aromatic N) is 1. The molecule has 0 aromatic heterocycles. The van der Waals surface area contributed by atoms with Crippen molar-refractivity contribution in [2.24, 2.45) is 0 Å². The summed E-state index contributed by atoms with van der Waals surface area (Å²) in [5.74, 6) is -1.95. The first-order valence-electron chi connectivity index (χ1n) is 4.97. The molecule has 0 radical (unpaired) electrons. The lowest BCUT2D eigenvalue weighted by Gasteiger charge is -2.36. The average molecular weight is 215 g/mol. The molecule has 0 aliphatic carbocycles. The molecule has 0 amide bonds. The Bertz CT molecular complexity index is 262. The molecule has 15 heavy (non-hydrogen) atoms. The fourth-order valence-electron chi connectivity index (χ4n) is 1.78. The molecule has 0 bridgehead atoms. The second-order valence-electron chi connectivity index (χ2n) is 3.81. The molecule has 1 spiro atoms. The zero-order chi connectivity index (χ0) is 10.9. The number of esters is 2. The van der Waals surface area contributed by atoms with E-state index in [1.54, 1.807) is 0 Å². The molecular weight excluding hydrogens is 202 g/mol. The number of piperidine rings is 1. The molecular formula is C9H13NO5. The summed E-state index contributed by atoms with van der Waals surface area (Å²) in [6.45, 7) is 0.668. The number of hydrogen-bond donors (Lipinski definition) is 1. The molecule has 1 N–H and O–H groups in total. The van der Waals surface area contributed by atoms with Crippen molar-refractivity contribution in [2.45, 2.75) is 31.5 Å². The Balaban J connectivity index is 2.10. The van der Waals surface area contributed by atoms with Gasteiger partial charge in [-0.2, -0.15) is 5.06 Å². The van der Waals surface area contributed by atoms with E-state index in [1.165, 1.54) is 0 Å². The normalized spacial score (nSPS) is 27.0. The van der Waals surface area contributed by atoms with Crippen LogP contribution in [-0.2, 0) is 19.1 Å². The van der Waals surface area contributed by atoms with Gasteiger partial charge in [0.1, 0.15) is 0 Å². The lowest BCUT2D eigenvalue weighted by atomic mass is 10.1. The van der Waals surface area contributed by atoms with Gasteiger partial charge in [0.05, 0.1) is 12.8 Å². The van der Waals surface area contributed by atoms with E-state index in [0.29, 0.717) is 25.9 Å². The van der Waals surface area contributed by atoms with Gasteiger partial charge in [-0.25, -0.2) is 0 Å². The Kier molecular flexibility index (Phi) is 2.62. The molecule has 6 nitrogen and oxygen atoms in total. The predicted molar refractivity (Wildman–Crippen MR) is 46.7 cm³/mol. The third-order valence-electron chi connectivity index (χ3n) is 2.63. The average Bonchev–Trinajstić information content (AvgIpc) is 2.32. The zero-order valence-corrected chi connectivity index (χ0v) is 8.27. The molecule has 2 saturated heterocycles. The fourth-order valence-corrected chi connectivity index (χ4v) is 1.78. The molecule has 0 unspecified atom stereocenters. The van der Waals surface area contributed by atoms with Crippen LogP contribution in [0.2, 0.25) is 0 Å². The summed E-state index contributed by atoms with van der Waals surface area (Å²) in [5, 5.41) is 10.3. The summed E-state index contributed by atoms with van der Waals surface area (Å²) >= 11 is 0. The van der Waals surface area contributed by atoms with E-state index in [2.05, 4.69) is 0 Å². The van der Waals surface area contributed by atoms with Crippen molar-refractivity contribution < 1.29 is 24.3 Å². The van der Waals surface area contributed by atoms with Gasteiger partial charge in [0.2, 0.25) is 0 Å². The van der Waals surface area contributed by atoms with Gasteiger partial charge in [0.25, 0.3) is 5.79 Å². The van der Waals surface area contributed by atoms with E-state index < -0.39 is 17.7 Å². The molecule has 6 heteroatoms. The monoisotopic (exact) mass is 215 g/mol. The van der Waals surface area contributed by atoms with Crippen molar-refractivity contribution in [3.05, 3.63) is 0 Å². The molecule has 0 aromatic carbocycles. The first kappa shape index (κ1) is 10.4. The highest BCUT2D eigenvalue weighted by Crippen LogP contribution is 2.30. The van der Waals surface area contributed by atoms with Crippen LogP contribution in [0.25, 0.3) is 0 Å². The summed E-state index contributed by atoms with van der Waals surface area (Å²) in [6, 6.07) is 0. The van der Waals surface area contributed by atoms with E-state index in [1.807, 2.05) is 0 Å². The topological polar surface area (TPSA) is 76.1 Å². The van der Waals surface area contributed by atoms with Crippen LogP contribution in [-0.4, -0.2) is 41.1 Å². The molecule has 2 heterocycles. The maximum atomic E-state index is 11.3. The van der Waals surface area contributed by atoms with Crippen molar-refractivity contribution in [3.63, 3.8) is 0 Å². The van der Waals surface area contributed by atoms with Crippen LogP contribution in [0.15, 0.2) is 0 Å². The Hall–Kier alpha value is -1.14. The minimum Gasteiger partial charge on any atom is -0.422 e. The van der Waals surface area contributed by atoms with Crippen LogP contribution in [0, 0.1) is 0 Å². The number of carbonyl (C=O) groups is 2. The zero-order valence-electron chi connectivity index (χ0n) is 8.27. The van der Waals surface area contributed by atoms with Crippen molar-refractivity contribution >= 4 is 11.9 Å². The minimum atomic E-state index is -1.14. The number of hydrogen-bond acceptors (Lipinski definition) is 6. The van der Waals surface area contributed by atoms with Crippen LogP contribution in [0.4, 0.5) is 0 Å². The second kappa shape index (κ2) is 3.79. The number of carbonyl (C=O) groups excluding carboxylic acids is 2. The lowest BCUT2D eigenvalue weighted by Crippen LogP contribution is -2.47. The number of hydroxylamine groups is 2. The van der Waals surface area contributed by atoms with E-state index in [9.17, 15) is 14.8 Å². The highest BCUT2D eigenvalue weighted by atomic mass is 16.7. The van der Waals surface area contributed by atoms with Gasteiger partial charge in [0.15, 0.2) is 0 Å². The predicted octanol–water partition coefficient (Wildman–Crippen LogP) is 0.0479. The molecule has 2 fully saturated rings. The van der Waals surface area contributed by atoms with E-state index in [4.69, 9.17) is 9.47 Å². The smallest absolute Gasteiger partial charge is 0.309 e. The van der Waals surface area contributed by atoms with E-state index >= 15 is 0 Å². The second-order valence-corrected chi connectivity index (χ2v) is 3.81. The lowest BCUT2D eigenvalue weighted by molar-refractivity contribution is -0.253. The van der Waals surface area contributed by atoms with Gasteiger partial charge in [0, 0.05) is 25.9 Å². The van der Waals surface area contributed by atoms with Crippen LogP contribution >= 0.6 is 0 Å². The largest absolute Gasteiger partial charge is 0.422 e. The van der Waals surface area contributed by atoms with Crippen molar-refractivity contribution in [1.29, 1.82) is 0 Å². The van der Waals surface area contributed by atoms with Gasteiger partial charge in [-0.1, -0.05) is 0 Å². The maximum absolute atomic E-state index is 11.3. The number of rotatable bonds is 0. The van der Waals surface area contributed by atoms with E-state index in [-0.39, 0.29) is 12.8 Å². The molecule has 84 valence electrons. The van der Waals surface area contributed by atoms with E-state index in [0.717, 1.165) is 5.06 Å². The summed E-state index contributed by atoms with van der Waals surface area (Å²) in [6.07, 6.45) is 0.787. The van der Waals surface area contributed by atoms with Gasteiger partial charge in [-0.3, -0.25) is 9.59 Å². The van der Waals surface area contributed by atoms with Gasteiger partial charge in [-0.05, 0) is 0 Å². The van der Waals surface area contributed by atoms with Crippen molar-refractivity contribution in [3.8, 4) is 0 Å². The standard InChI is InChI=1S/C9H13NO5/c11-7-1-2-8(12)15-9(14-7)3-5-10(13)6-4-9/h13H,1-6H2. The highest BCUT2D eigenvalue weighted by molar-refractivity contribution is 5.79. The quantitative estimate of drug-likeness (QED) is 0.575. The Morgan fingerprint density at radius 1 is 1.07 bits per heavy atom. The Labute approximate surface area is 86.7 Å². The molecule has 2 rings (SSSR count). The minimum absolute atomic E-state index is 0.0728. The third-order valence-corrected chi connectivity index (χ3v) is 2.63. The molecule has 0 aromatic rings. The van der Waals surface area contributed by atoms with Crippen molar-refractivity contribution in [2.75, 3.05) is 13.1 Å². The summed E-state index contributed by atoms with van der Waals surface area (Å²) < 4.78 is 10.3. The molecule has 0 atom stereocenters. The van der Waals surface area contributed by atoms with Gasteiger partial charge in [-0.15, -0.1) is 0 Å². The first-order chi connectivity index (χ1) is 7.10. The van der Waals surface area contributed by atoms with Crippen molar-refractivity contribution in [1.82, 2.24) is 5.06 Å². The molecule has 0 saturated carbocycles. The van der Waals surface area contributed by atoms with Crippen LogP contribution in [0.1, 0.15) is 25.7 Å². The number of ether oxygens (including phenoxy) is 2. The summed E-state index contributed by atoms with van der Waals surface area (Å²) in [5.41, 5.74) is 0. The SMILES string of the molecule is O=C1CCC(=O)OC2(CCN(O)CC2)O1. The molecule has 2 aliphatic heterocycles. The van der Waals surface area contributed by atoms with Gasteiger partial charge < -0.3 is 14.7 Å². The van der Waals surface area contributed by atoms with Crippen LogP contribution in [0.5, 0.6) is 0 Å².